The third-order valence-corrected chi connectivity index (χ3v) is 0.841. The predicted molar refractivity (Wildman–Crippen MR) is 38.8 cm³/mol. The van der Waals surface area contributed by atoms with Crippen LogP contribution in [0.4, 0.5) is 0 Å². The van der Waals surface area contributed by atoms with Crippen molar-refractivity contribution in [2.75, 3.05) is 14.1 Å². The van der Waals surface area contributed by atoms with E-state index in [9.17, 15) is 0 Å². The van der Waals surface area contributed by atoms with Gasteiger partial charge in [-0.1, -0.05) is 0 Å². The number of hydrogen-bond acceptors (Lipinski definition) is 2. The van der Waals surface area contributed by atoms with E-state index in [1.165, 1.54) is 0 Å². The van der Waals surface area contributed by atoms with E-state index in [1.54, 1.807) is 11.2 Å². The van der Waals surface area contributed by atoms with E-state index in [0.29, 0.717) is 0 Å². The van der Waals surface area contributed by atoms with Gasteiger partial charge in [-0.15, -0.1) is 0 Å². The summed E-state index contributed by atoms with van der Waals surface area (Å²) in [6.45, 7) is 0. The molecule has 3 nitrogen and oxygen atoms in total. The molecule has 0 unspecified atom stereocenters. The first kappa shape index (κ1) is 6.01. The van der Waals surface area contributed by atoms with Crippen molar-refractivity contribution in [1.29, 1.82) is 0 Å². The van der Waals surface area contributed by atoms with Gasteiger partial charge in [-0.3, -0.25) is 0 Å². The van der Waals surface area contributed by atoms with E-state index < -0.39 is 0 Å². The number of rotatable bonds is 1. The van der Waals surface area contributed by atoms with Gasteiger partial charge in [0, 0.05) is 20.3 Å². The van der Waals surface area contributed by atoms with Crippen molar-refractivity contribution in [2.45, 2.75) is 0 Å². The maximum atomic E-state index is 4.04. The van der Waals surface area contributed by atoms with Gasteiger partial charge in [-0.2, -0.15) is 5.10 Å². The summed E-state index contributed by atoms with van der Waals surface area (Å²) in [7, 11) is 3.74. The zero-order chi connectivity index (χ0) is 6.69. The molecule has 9 heavy (non-hydrogen) atoms. The molecule has 0 radical (unpaired) electrons. The molecule has 1 rings (SSSR count). The zero-order valence-electron chi connectivity index (χ0n) is 5.57. The average molecular weight is 123 g/mol. The monoisotopic (exact) mass is 123 g/mol. The average Bonchev–Trinajstić information content (AvgIpc) is 2.15. The number of hydrogen-bond donors (Lipinski definition) is 0. The Labute approximate surface area is 54.4 Å². The van der Waals surface area contributed by atoms with Gasteiger partial charge in [0.25, 0.3) is 0 Å². The summed E-state index contributed by atoms with van der Waals surface area (Å²) in [6.07, 6.45) is 5.45. The first-order valence-corrected chi connectivity index (χ1v) is 2.76. The molecule has 0 N–H and O–H groups in total. The molecule has 0 aromatic carbocycles. The number of aliphatic imine (C=N–C) groups is 1. The maximum Gasteiger partial charge on any atom is 0.171 e. The van der Waals surface area contributed by atoms with Gasteiger partial charge >= 0.3 is 0 Å². The fraction of sp³-hybridized carbons (Fsp3) is 0.333. The Morgan fingerprint density at radius 1 is 1.56 bits per heavy atom. The Hall–Kier alpha value is -1.12. The lowest BCUT2D eigenvalue weighted by Crippen LogP contribution is -2.04. The molecule has 0 spiro atoms. The molecule has 0 aromatic heterocycles. The Balaban J connectivity index is 2.62. The second kappa shape index (κ2) is 2.44. The first-order valence-electron chi connectivity index (χ1n) is 2.76. The van der Waals surface area contributed by atoms with Crippen LogP contribution >= 0.6 is 0 Å². The van der Waals surface area contributed by atoms with Crippen LogP contribution in [0.5, 0.6) is 0 Å². The Kier molecular flexibility index (Phi) is 1.63. The minimum absolute atomic E-state index is 0.764. The first-order chi connectivity index (χ1) is 4.29. The van der Waals surface area contributed by atoms with Gasteiger partial charge in [-0.25, -0.2) is 4.99 Å². The van der Waals surface area contributed by atoms with Gasteiger partial charge in [0.15, 0.2) is 5.84 Å². The molecular weight excluding hydrogens is 114 g/mol. The molecule has 0 atom stereocenters. The molecule has 0 amide bonds. The van der Waals surface area contributed by atoms with Gasteiger partial charge < -0.3 is 5.01 Å². The van der Waals surface area contributed by atoms with Crippen molar-refractivity contribution in [1.82, 2.24) is 5.01 Å². The standard InChI is InChI=1S/C6H9N3/c1-9(2)8-6-4-3-5-7-6/h3-5H,1-2H3. The number of nitrogens with zero attached hydrogens (tertiary/aromatic N) is 3. The van der Waals surface area contributed by atoms with Crippen molar-refractivity contribution in [3.05, 3.63) is 12.2 Å². The maximum absolute atomic E-state index is 4.04. The molecular formula is C6H9N3. The Morgan fingerprint density at radius 2 is 2.33 bits per heavy atom. The van der Waals surface area contributed by atoms with Gasteiger partial charge in [0.2, 0.25) is 0 Å². The molecule has 1 aliphatic rings. The molecule has 48 valence electrons. The van der Waals surface area contributed by atoms with E-state index in [-0.39, 0.29) is 0 Å². The minimum atomic E-state index is 0.764. The van der Waals surface area contributed by atoms with Crippen LogP contribution in [0, 0.1) is 0 Å². The number of amidine groups is 1. The quantitative estimate of drug-likeness (QED) is 0.467. The van der Waals surface area contributed by atoms with Crippen LogP contribution in [0.1, 0.15) is 0 Å². The van der Waals surface area contributed by atoms with Crippen molar-refractivity contribution in [3.8, 4) is 0 Å². The molecule has 0 saturated carbocycles. The smallest absolute Gasteiger partial charge is 0.171 e. The Bertz CT molecular complexity index is 163. The zero-order valence-corrected chi connectivity index (χ0v) is 5.57. The molecule has 3 heteroatoms. The molecule has 1 aliphatic heterocycles. The molecule has 0 aliphatic carbocycles. The lowest BCUT2D eigenvalue weighted by molar-refractivity contribution is 0.438. The fourth-order valence-corrected chi connectivity index (χ4v) is 0.556. The van der Waals surface area contributed by atoms with Gasteiger partial charge in [0.1, 0.15) is 0 Å². The summed E-state index contributed by atoms with van der Waals surface area (Å²) in [5.41, 5.74) is 0. The van der Waals surface area contributed by atoms with Gasteiger partial charge in [-0.05, 0) is 12.2 Å². The summed E-state index contributed by atoms with van der Waals surface area (Å²) in [5.74, 6) is 0.764. The largest absolute Gasteiger partial charge is 0.301 e. The number of hydrazone groups is 1. The highest BCUT2D eigenvalue weighted by molar-refractivity contribution is 6.06. The highest BCUT2D eigenvalue weighted by Gasteiger charge is 1.92. The summed E-state index contributed by atoms with van der Waals surface area (Å²) in [4.78, 5) is 3.95. The van der Waals surface area contributed by atoms with Crippen molar-refractivity contribution in [3.63, 3.8) is 0 Å². The lowest BCUT2D eigenvalue weighted by Gasteiger charge is -2.01. The topological polar surface area (TPSA) is 28.0 Å². The van der Waals surface area contributed by atoms with Crippen molar-refractivity contribution in [2.24, 2.45) is 10.1 Å². The third-order valence-electron chi connectivity index (χ3n) is 0.841. The van der Waals surface area contributed by atoms with E-state index >= 15 is 0 Å². The lowest BCUT2D eigenvalue weighted by atomic mass is 10.5. The van der Waals surface area contributed by atoms with Crippen LogP contribution < -0.4 is 0 Å². The second-order valence-corrected chi connectivity index (χ2v) is 1.94. The van der Waals surface area contributed by atoms with Crippen LogP contribution in [0.2, 0.25) is 0 Å². The SMILES string of the molecule is CN(C)N=C1C=CC=N1. The second-order valence-electron chi connectivity index (χ2n) is 1.94. The van der Waals surface area contributed by atoms with Crippen LogP contribution in [0.3, 0.4) is 0 Å². The summed E-state index contributed by atoms with van der Waals surface area (Å²) in [5, 5.41) is 5.77. The minimum Gasteiger partial charge on any atom is -0.301 e. The van der Waals surface area contributed by atoms with Crippen LogP contribution in [0.15, 0.2) is 22.2 Å². The molecule has 0 fully saturated rings. The van der Waals surface area contributed by atoms with Gasteiger partial charge in [0.05, 0.1) is 0 Å². The van der Waals surface area contributed by atoms with Crippen molar-refractivity contribution < 1.29 is 0 Å². The van der Waals surface area contributed by atoms with E-state index in [1.807, 2.05) is 26.2 Å². The highest BCUT2D eigenvalue weighted by atomic mass is 15.4. The van der Waals surface area contributed by atoms with E-state index in [2.05, 4.69) is 10.1 Å². The summed E-state index contributed by atoms with van der Waals surface area (Å²) < 4.78 is 0. The van der Waals surface area contributed by atoms with E-state index in [0.717, 1.165) is 5.84 Å². The predicted octanol–water partition coefficient (Wildman–Crippen LogP) is 0.502. The van der Waals surface area contributed by atoms with Crippen LogP contribution in [-0.4, -0.2) is 31.2 Å². The number of allylic oxidation sites excluding steroid dienone is 1. The Morgan fingerprint density at radius 3 is 2.78 bits per heavy atom. The summed E-state index contributed by atoms with van der Waals surface area (Å²) >= 11 is 0. The van der Waals surface area contributed by atoms with Crippen LogP contribution in [-0.2, 0) is 0 Å². The third kappa shape index (κ3) is 1.68. The fourth-order valence-electron chi connectivity index (χ4n) is 0.556. The van der Waals surface area contributed by atoms with E-state index in [4.69, 9.17) is 0 Å². The molecule has 0 aromatic rings. The highest BCUT2D eigenvalue weighted by Crippen LogP contribution is 1.91. The van der Waals surface area contributed by atoms with Crippen molar-refractivity contribution >= 4 is 12.1 Å². The normalized spacial score (nSPS) is 19.6. The molecule has 0 saturated heterocycles. The summed E-state index contributed by atoms with van der Waals surface area (Å²) in [6, 6.07) is 0. The molecule has 0 bridgehead atoms. The molecule has 1 heterocycles. The van der Waals surface area contributed by atoms with Crippen LogP contribution in [0.25, 0.3) is 0 Å².